The van der Waals surface area contributed by atoms with Gasteiger partial charge in [-0.25, -0.2) is 9.48 Å². The van der Waals surface area contributed by atoms with Gasteiger partial charge in [-0.3, -0.25) is 10.1 Å². The van der Waals surface area contributed by atoms with Crippen molar-refractivity contribution < 1.29 is 9.59 Å². The Balaban J connectivity index is 2.52. The van der Waals surface area contributed by atoms with Crippen molar-refractivity contribution in [3.8, 4) is 0 Å². The maximum absolute atomic E-state index is 11.8. The van der Waals surface area contributed by atoms with Gasteiger partial charge < -0.3 is 10.6 Å². The number of carbonyl (C=O) groups excluding carboxylic acids is 2. The fourth-order valence-electron chi connectivity index (χ4n) is 1.52. The minimum atomic E-state index is -0.593. The van der Waals surface area contributed by atoms with Gasteiger partial charge in [0.15, 0.2) is 0 Å². The Bertz CT molecular complexity index is 445. The van der Waals surface area contributed by atoms with Crippen molar-refractivity contribution in [3.05, 3.63) is 11.9 Å². The van der Waals surface area contributed by atoms with Crippen LogP contribution in [0, 0.1) is 0 Å². The maximum Gasteiger partial charge on any atom is 0.321 e. The van der Waals surface area contributed by atoms with E-state index in [-0.39, 0.29) is 0 Å². The first-order chi connectivity index (χ1) is 9.58. The molecule has 1 heterocycles. The molecule has 0 aliphatic rings. The van der Waals surface area contributed by atoms with E-state index in [0.717, 1.165) is 18.7 Å². The van der Waals surface area contributed by atoms with E-state index in [4.69, 9.17) is 0 Å². The van der Waals surface area contributed by atoms with Gasteiger partial charge in [-0.15, -0.1) is 5.10 Å². The Morgan fingerprint density at radius 2 is 2.15 bits per heavy atom. The topological polar surface area (TPSA) is 101 Å². The first kappa shape index (κ1) is 16.1. The van der Waals surface area contributed by atoms with Crippen LogP contribution >= 0.6 is 0 Å². The van der Waals surface area contributed by atoms with Gasteiger partial charge in [0.05, 0.1) is 11.9 Å². The first-order valence-corrected chi connectivity index (χ1v) is 6.78. The Morgan fingerprint density at radius 3 is 2.80 bits per heavy atom. The minimum absolute atomic E-state index is 0.422. The molecule has 0 aromatic carbocycles. The van der Waals surface area contributed by atoms with Crippen LogP contribution in [0.2, 0.25) is 0 Å². The van der Waals surface area contributed by atoms with E-state index in [0.29, 0.717) is 13.1 Å². The molecule has 0 spiro atoms. The van der Waals surface area contributed by atoms with Crippen LogP contribution in [0.3, 0.4) is 0 Å². The summed E-state index contributed by atoms with van der Waals surface area (Å²) in [5, 5.41) is 15.8. The Hall–Kier alpha value is -1.96. The van der Waals surface area contributed by atoms with Gasteiger partial charge in [0.2, 0.25) is 0 Å². The molecule has 0 saturated carbocycles. The standard InChI is InChI=1S/C12H22N6O2/c1-4-6-13-7-10-8-18(17-16-10)9(3)11(19)15-12(20)14-5-2/h8-9,13H,4-7H2,1-3H3,(H2,14,15,19,20). The van der Waals surface area contributed by atoms with Crippen LogP contribution in [-0.2, 0) is 11.3 Å². The fourth-order valence-corrected chi connectivity index (χ4v) is 1.52. The summed E-state index contributed by atoms with van der Waals surface area (Å²) in [5.74, 6) is -0.422. The number of aromatic nitrogens is 3. The molecule has 1 atom stereocenters. The molecule has 0 radical (unpaired) electrons. The molecule has 1 aromatic rings. The van der Waals surface area contributed by atoms with Crippen LogP contribution in [0.15, 0.2) is 6.20 Å². The number of nitrogens with one attached hydrogen (secondary N) is 3. The molecule has 0 bridgehead atoms. The van der Waals surface area contributed by atoms with Gasteiger partial charge in [0.1, 0.15) is 6.04 Å². The van der Waals surface area contributed by atoms with Crippen molar-refractivity contribution >= 4 is 11.9 Å². The Labute approximate surface area is 118 Å². The summed E-state index contributed by atoms with van der Waals surface area (Å²) >= 11 is 0. The maximum atomic E-state index is 11.8. The highest BCUT2D eigenvalue weighted by Crippen LogP contribution is 2.04. The second-order valence-electron chi connectivity index (χ2n) is 4.39. The SMILES string of the molecule is CCCNCc1cn(C(C)C(=O)NC(=O)NCC)nn1. The number of amides is 3. The summed E-state index contributed by atoms with van der Waals surface area (Å²) in [5.41, 5.74) is 0.760. The van der Waals surface area contributed by atoms with Crippen molar-refractivity contribution in [2.75, 3.05) is 13.1 Å². The van der Waals surface area contributed by atoms with Crippen LogP contribution in [0.5, 0.6) is 0 Å². The van der Waals surface area contributed by atoms with Gasteiger partial charge in [-0.2, -0.15) is 0 Å². The van der Waals surface area contributed by atoms with E-state index < -0.39 is 18.0 Å². The lowest BCUT2D eigenvalue weighted by Crippen LogP contribution is -2.42. The predicted octanol–water partition coefficient (Wildman–Crippen LogP) is 0.184. The summed E-state index contributed by atoms with van der Waals surface area (Å²) in [6.07, 6.45) is 2.74. The number of hydrogen-bond acceptors (Lipinski definition) is 5. The highest BCUT2D eigenvalue weighted by Gasteiger charge is 2.18. The number of carbonyl (C=O) groups is 2. The van der Waals surface area contributed by atoms with E-state index in [1.54, 1.807) is 20.0 Å². The predicted molar refractivity (Wildman–Crippen MR) is 73.9 cm³/mol. The minimum Gasteiger partial charge on any atom is -0.338 e. The van der Waals surface area contributed by atoms with E-state index in [9.17, 15) is 9.59 Å². The second kappa shape index (κ2) is 8.26. The lowest BCUT2D eigenvalue weighted by atomic mass is 10.3. The smallest absolute Gasteiger partial charge is 0.321 e. The molecule has 0 fully saturated rings. The van der Waals surface area contributed by atoms with E-state index >= 15 is 0 Å². The Morgan fingerprint density at radius 1 is 1.40 bits per heavy atom. The number of rotatable bonds is 7. The van der Waals surface area contributed by atoms with Crippen molar-refractivity contribution in [1.82, 2.24) is 30.9 Å². The molecule has 8 heteroatoms. The normalized spacial score (nSPS) is 11.9. The van der Waals surface area contributed by atoms with Crippen LogP contribution in [0.4, 0.5) is 4.79 Å². The largest absolute Gasteiger partial charge is 0.338 e. The fraction of sp³-hybridized carbons (Fsp3) is 0.667. The number of hydrogen-bond donors (Lipinski definition) is 3. The molecular weight excluding hydrogens is 260 g/mol. The molecule has 1 rings (SSSR count). The average Bonchev–Trinajstić information content (AvgIpc) is 2.87. The molecule has 1 unspecified atom stereocenters. The van der Waals surface area contributed by atoms with Gasteiger partial charge >= 0.3 is 6.03 Å². The van der Waals surface area contributed by atoms with Gasteiger partial charge in [0, 0.05) is 13.1 Å². The highest BCUT2D eigenvalue weighted by molar-refractivity contribution is 5.95. The molecule has 112 valence electrons. The highest BCUT2D eigenvalue weighted by atomic mass is 16.2. The molecule has 8 nitrogen and oxygen atoms in total. The summed E-state index contributed by atoms with van der Waals surface area (Å²) in [4.78, 5) is 23.1. The van der Waals surface area contributed by atoms with Crippen LogP contribution in [0.25, 0.3) is 0 Å². The molecular formula is C12H22N6O2. The zero-order valence-electron chi connectivity index (χ0n) is 12.1. The van der Waals surface area contributed by atoms with Crippen molar-refractivity contribution in [2.24, 2.45) is 0 Å². The molecule has 0 saturated heterocycles. The van der Waals surface area contributed by atoms with Crippen molar-refractivity contribution in [2.45, 2.75) is 39.8 Å². The molecule has 1 aromatic heterocycles. The third kappa shape index (κ3) is 4.96. The van der Waals surface area contributed by atoms with Crippen molar-refractivity contribution in [3.63, 3.8) is 0 Å². The zero-order valence-corrected chi connectivity index (χ0v) is 12.1. The monoisotopic (exact) mass is 282 g/mol. The molecule has 0 aliphatic carbocycles. The summed E-state index contributed by atoms with van der Waals surface area (Å²) in [7, 11) is 0. The average molecular weight is 282 g/mol. The second-order valence-corrected chi connectivity index (χ2v) is 4.39. The quantitative estimate of drug-likeness (QED) is 0.620. The third-order valence-corrected chi connectivity index (χ3v) is 2.64. The van der Waals surface area contributed by atoms with Crippen LogP contribution < -0.4 is 16.0 Å². The van der Waals surface area contributed by atoms with Crippen LogP contribution in [0.1, 0.15) is 38.9 Å². The van der Waals surface area contributed by atoms with E-state index in [1.807, 2.05) is 0 Å². The Kier molecular flexibility index (Phi) is 6.65. The number of urea groups is 1. The van der Waals surface area contributed by atoms with Gasteiger partial charge in [-0.1, -0.05) is 12.1 Å². The zero-order chi connectivity index (χ0) is 15.0. The third-order valence-electron chi connectivity index (χ3n) is 2.64. The summed E-state index contributed by atoms with van der Waals surface area (Å²) in [6, 6.07) is -1.10. The van der Waals surface area contributed by atoms with E-state index in [1.165, 1.54) is 4.68 Å². The summed E-state index contributed by atoms with van der Waals surface area (Å²) < 4.78 is 1.44. The lowest BCUT2D eigenvalue weighted by Gasteiger charge is -2.11. The van der Waals surface area contributed by atoms with E-state index in [2.05, 4.69) is 33.2 Å². The van der Waals surface area contributed by atoms with Crippen LogP contribution in [-0.4, -0.2) is 40.0 Å². The molecule has 3 N–H and O–H groups in total. The molecule has 20 heavy (non-hydrogen) atoms. The summed E-state index contributed by atoms with van der Waals surface area (Å²) in [6.45, 7) is 7.49. The first-order valence-electron chi connectivity index (χ1n) is 6.78. The van der Waals surface area contributed by atoms with Gasteiger partial charge in [-0.05, 0) is 26.8 Å². The van der Waals surface area contributed by atoms with Crippen molar-refractivity contribution in [1.29, 1.82) is 0 Å². The molecule has 3 amide bonds. The number of nitrogens with zero attached hydrogens (tertiary/aromatic N) is 3. The number of imide groups is 1. The molecule has 0 aliphatic heterocycles. The van der Waals surface area contributed by atoms with Gasteiger partial charge in [0.25, 0.3) is 5.91 Å². The lowest BCUT2D eigenvalue weighted by molar-refractivity contribution is -0.123.